The van der Waals surface area contributed by atoms with Crippen LogP contribution in [0, 0.1) is 30.6 Å². The Morgan fingerprint density at radius 1 is 1.06 bits per heavy atom. The Morgan fingerprint density at radius 2 is 1.71 bits per heavy atom. The molecule has 6 heteroatoms. The molecule has 1 N–H and O–H groups in total. The number of allylic oxidation sites excluding steroid dienone is 2. The topological polar surface area (TPSA) is 66.5 Å². The monoisotopic (exact) mass is 478 g/mol. The molecule has 3 amide bonds. The maximum Gasteiger partial charge on any atom is 0.248 e. The lowest BCUT2D eigenvalue weighted by atomic mass is 9.85. The van der Waals surface area contributed by atoms with Gasteiger partial charge >= 0.3 is 0 Å². The van der Waals surface area contributed by atoms with Gasteiger partial charge in [0.2, 0.25) is 17.7 Å². The number of benzene rings is 2. The van der Waals surface area contributed by atoms with Gasteiger partial charge in [-0.15, -0.1) is 0 Å². The van der Waals surface area contributed by atoms with Crippen molar-refractivity contribution in [2.24, 2.45) is 23.7 Å². The summed E-state index contributed by atoms with van der Waals surface area (Å²) in [5.74, 6) is -1.13. The van der Waals surface area contributed by atoms with Crippen LogP contribution in [0.15, 0.2) is 65.2 Å². The summed E-state index contributed by atoms with van der Waals surface area (Å²) in [5, 5.41) is 2.96. The van der Waals surface area contributed by atoms with Crippen LogP contribution in [0.1, 0.15) is 17.5 Å². The molecule has 1 saturated heterocycles. The third-order valence-electron chi connectivity index (χ3n) is 6.84. The zero-order valence-corrected chi connectivity index (χ0v) is 18.7. The number of fused-ring (bicyclic) bond motifs is 5. The molecule has 1 aliphatic heterocycles. The summed E-state index contributed by atoms with van der Waals surface area (Å²) in [4.78, 5) is 41.5. The number of rotatable bonds is 5. The summed E-state index contributed by atoms with van der Waals surface area (Å²) in [6, 6.07) is 14.3. The van der Waals surface area contributed by atoms with Crippen molar-refractivity contribution in [2.75, 3.05) is 5.32 Å². The van der Waals surface area contributed by atoms with Crippen molar-refractivity contribution in [1.29, 1.82) is 0 Å². The van der Waals surface area contributed by atoms with E-state index >= 15 is 0 Å². The number of hydrogen-bond acceptors (Lipinski definition) is 3. The highest BCUT2D eigenvalue weighted by molar-refractivity contribution is 9.10. The highest BCUT2D eigenvalue weighted by Gasteiger charge is 2.61. The van der Waals surface area contributed by atoms with Crippen molar-refractivity contribution in [3.05, 3.63) is 76.3 Å². The fourth-order valence-electron chi connectivity index (χ4n) is 5.35. The van der Waals surface area contributed by atoms with E-state index < -0.39 is 6.04 Å². The fourth-order valence-corrected chi connectivity index (χ4v) is 5.83. The van der Waals surface area contributed by atoms with Crippen LogP contribution in [0.4, 0.5) is 5.69 Å². The van der Waals surface area contributed by atoms with E-state index in [4.69, 9.17) is 0 Å². The van der Waals surface area contributed by atoms with E-state index in [1.807, 2.05) is 55.5 Å². The summed E-state index contributed by atoms with van der Waals surface area (Å²) in [5.41, 5.74) is 2.49. The van der Waals surface area contributed by atoms with Crippen molar-refractivity contribution in [3.8, 4) is 0 Å². The number of likely N-dealkylation sites (tertiary alicyclic amines) is 1. The largest absolute Gasteiger partial charge is 0.324 e. The van der Waals surface area contributed by atoms with Gasteiger partial charge in [-0.3, -0.25) is 19.3 Å². The first-order chi connectivity index (χ1) is 14.9. The Balaban J connectivity index is 1.47. The van der Waals surface area contributed by atoms with Crippen LogP contribution >= 0.6 is 15.9 Å². The van der Waals surface area contributed by atoms with Crippen molar-refractivity contribution < 1.29 is 14.4 Å². The molecule has 158 valence electrons. The molecule has 5 atom stereocenters. The van der Waals surface area contributed by atoms with Gasteiger partial charge in [-0.25, -0.2) is 0 Å². The Kier molecular flexibility index (Phi) is 5.05. The Morgan fingerprint density at radius 3 is 2.32 bits per heavy atom. The number of aryl methyl sites for hydroxylation is 1. The van der Waals surface area contributed by atoms with Gasteiger partial charge in [0.15, 0.2) is 0 Å². The number of hydrogen-bond donors (Lipinski definition) is 1. The van der Waals surface area contributed by atoms with Gasteiger partial charge in [-0.2, -0.15) is 0 Å². The van der Waals surface area contributed by atoms with Crippen molar-refractivity contribution in [3.63, 3.8) is 0 Å². The van der Waals surface area contributed by atoms with Crippen LogP contribution in [0.2, 0.25) is 0 Å². The minimum Gasteiger partial charge on any atom is -0.324 e. The highest BCUT2D eigenvalue weighted by atomic mass is 79.9. The van der Waals surface area contributed by atoms with Gasteiger partial charge < -0.3 is 5.32 Å². The smallest absolute Gasteiger partial charge is 0.248 e. The van der Waals surface area contributed by atoms with E-state index in [1.165, 1.54) is 4.90 Å². The van der Waals surface area contributed by atoms with Crippen LogP contribution in [-0.2, 0) is 20.8 Å². The minimum absolute atomic E-state index is 0.116. The van der Waals surface area contributed by atoms with Gasteiger partial charge in [0, 0.05) is 16.6 Å². The van der Waals surface area contributed by atoms with Crippen LogP contribution in [0.25, 0.3) is 0 Å². The predicted molar refractivity (Wildman–Crippen MR) is 121 cm³/mol. The lowest BCUT2D eigenvalue weighted by Gasteiger charge is -2.27. The first kappa shape index (κ1) is 20.2. The molecule has 5 rings (SSSR count). The zero-order valence-electron chi connectivity index (χ0n) is 17.1. The molecule has 31 heavy (non-hydrogen) atoms. The molecule has 2 fully saturated rings. The summed E-state index contributed by atoms with van der Waals surface area (Å²) >= 11 is 3.43. The molecule has 2 aromatic rings. The number of amides is 3. The summed E-state index contributed by atoms with van der Waals surface area (Å²) in [7, 11) is 0. The number of halogens is 1. The molecule has 5 nitrogen and oxygen atoms in total. The lowest BCUT2D eigenvalue weighted by Crippen LogP contribution is -2.49. The molecule has 0 unspecified atom stereocenters. The second-order valence-corrected chi connectivity index (χ2v) is 9.62. The summed E-state index contributed by atoms with van der Waals surface area (Å²) in [6.07, 6.45) is 5.30. The minimum atomic E-state index is -0.879. The standard InChI is InChI=1S/C25H23BrN2O3/c1-14-11-18(26)9-10-19(14)27-23(29)20(12-15-5-3-2-4-6-15)28-24(30)21-16-7-8-17(13-16)22(21)25(28)31/h2-11,16-17,20-22H,12-13H2,1H3,(H,27,29)/t16-,17-,20+,21-,22-/m0/s1. The van der Waals surface area contributed by atoms with Crippen LogP contribution < -0.4 is 5.32 Å². The fraction of sp³-hybridized carbons (Fsp3) is 0.320. The number of carbonyl (C=O) groups is 3. The molecular weight excluding hydrogens is 456 g/mol. The SMILES string of the molecule is Cc1cc(Br)ccc1NC(=O)[C@@H](Cc1ccccc1)N1C(=O)[C@@H]2[C@@H](C1=O)[C@H]1C=C[C@H]2C1. The average molecular weight is 479 g/mol. The number of imide groups is 1. The van der Waals surface area contributed by atoms with Gasteiger partial charge in [-0.05, 0) is 54.5 Å². The highest BCUT2D eigenvalue weighted by Crippen LogP contribution is 2.53. The maximum atomic E-state index is 13.4. The van der Waals surface area contributed by atoms with E-state index in [9.17, 15) is 14.4 Å². The lowest BCUT2D eigenvalue weighted by molar-refractivity contribution is -0.147. The number of carbonyl (C=O) groups excluding carboxylic acids is 3. The van der Waals surface area contributed by atoms with E-state index in [0.717, 1.165) is 22.0 Å². The van der Waals surface area contributed by atoms with E-state index in [-0.39, 0.29) is 41.4 Å². The predicted octanol–water partition coefficient (Wildman–Crippen LogP) is 4.11. The molecule has 2 aromatic carbocycles. The molecule has 0 spiro atoms. The molecular formula is C25H23BrN2O3. The molecule has 1 heterocycles. The third-order valence-corrected chi connectivity index (χ3v) is 7.33. The van der Waals surface area contributed by atoms with Gasteiger partial charge in [-0.1, -0.05) is 58.4 Å². The molecule has 2 bridgehead atoms. The van der Waals surface area contributed by atoms with E-state index in [2.05, 4.69) is 33.4 Å². The molecule has 0 aromatic heterocycles. The maximum absolute atomic E-state index is 13.4. The number of nitrogens with one attached hydrogen (secondary N) is 1. The zero-order chi connectivity index (χ0) is 21.7. The normalized spacial score (nSPS) is 27.0. The Hall–Kier alpha value is -2.73. The van der Waals surface area contributed by atoms with Crippen molar-refractivity contribution >= 4 is 39.3 Å². The Labute approximate surface area is 189 Å². The van der Waals surface area contributed by atoms with Crippen LogP contribution in [0.5, 0.6) is 0 Å². The van der Waals surface area contributed by atoms with Gasteiger partial charge in [0.25, 0.3) is 0 Å². The van der Waals surface area contributed by atoms with Crippen molar-refractivity contribution in [2.45, 2.75) is 25.8 Å². The second kappa shape index (κ2) is 7.75. The summed E-state index contributed by atoms with van der Waals surface area (Å²) < 4.78 is 0.921. The molecule has 2 aliphatic carbocycles. The quantitative estimate of drug-likeness (QED) is 0.519. The molecule has 1 saturated carbocycles. The summed E-state index contributed by atoms with van der Waals surface area (Å²) in [6.45, 7) is 1.91. The molecule has 0 radical (unpaired) electrons. The van der Waals surface area contributed by atoms with Gasteiger partial charge in [0.1, 0.15) is 6.04 Å². The first-order valence-electron chi connectivity index (χ1n) is 10.6. The third kappa shape index (κ3) is 3.43. The van der Waals surface area contributed by atoms with Crippen molar-refractivity contribution in [1.82, 2.24) is 4.90 Å². The van der Waals surface area contributed by atoms with Crippen LogP contribution in [-0.4, -0.2) is 28.7 Å². The first-order valence-corrected chi connectivity index (χ1v) is 11.4. The second-order valence-electron chi connectivity index (χ2n) is 8.70. The van der Waals surface area contributed by atoms with Gasteiger partial charge in [0.05, 0.1) is 11.8 Å². The van der Waals surface area contributed by atoms with E-state index in [0.29, 0.717) is 12.1 Å². The Bertz CT molecular complexity index is 1070. The molecule has 3 aliphatic rings. The van der Waals surface area contributed by atoms with Crippen LogP contribution in [0.3, 0.4) is 0 Å². The number of nitrogens with zero attached hydrogens (tertiary/aromatic N) is 1. The van der Waals surface area contributed by atoms with E-state index in [1.54, 1.807) is 0 Å². The number of anilines is 1. The average Bonchev–Trinajstić information content (AvgIpc) is 3.43.